The summed E-state index contributed by atoms with van der Waals surface area (Å²) >= 11 is 7.22. The summed E-state index contributed by atoms with van der Waals surface area (Å²) in [6.07, 6.45) is 0. The first-order valence-electron chi connectivity index (χ1n) is 8.71. The molecule has 0 unspecified atom stereocenters. The van der Waals surface area contributed by atoms with Crippen LogP contribution in [0.3, 0.4) is 0 Å². The Balaban J connectivity index is 1.90. The van der Waals surface area contributed by atoms with E-state index in [0.29, 0.717) is 15.8 Å². The van der Waals surface area contributed by atoms with E-state index in [-0.39, 0.29) is 16.3 Å². The molecule has 0 bridgehead atoms. The molecule has 0 aliphatic carbocycles. The van der Waals surface area contributed by atoms with Crippen LogP contribution in [0.15, 0.2) is 64.6 Å². The molecule has 2 N–H and O–H groups in total. The van der Waals surface area contributed by atoms with E-state index in [4.69, 9.17) is 16.3 Å². The maximum absolute atomic E-state index is 12.8. The van der Waals surface area contributed by atoms with Gasteiger partial charge in [0.1, 0.15) is 11.4 Å². The Morgan fingerprint density at radius 3 is 2.55 bits per heavy atom. The molecule has 0 spiro atoms. The number of para-hydroxylation sites is 2. The van der Waals surface area contributed by atoms with E-state index in [1.54, 1.807) is 37.3 Å². The van der Waals surface area contributed by atoms with Crippen molar-refractivity contribution in [3.05, 3.63) is 73.9 Å². The first-order valence-corrected chi connectivity index (χ1v) is 11.4. The van der Waals surface area contributed by atoms with Crippen molar-refractivity contribution in [2.75, 3.05) is 17.3 Å². The highest BCUT2D eigenvalue weighted by Crippen LogP contribution is 2.31. The van der Waals surface area contributed by atoms with Gasteiger partial charge in [0.05, 0.1) is 37.5 Å². The lowest BCUT2D eigenvalue weighted by atomic mass is 10.3. The summed E-state index contributed by atoms with van der Waals surface area (Å²) < 4.78 is 33.6. The van der Waals surface area contributed by atoms with Crippen molar-refractivity contribution in [1.82, 2.24) is 0 Å². The Kier molecular flexibility index (Phi) is 6.78. The molecule has 12 heteroatoms. The standard InChI is InChI=1S/C19H17ClN4O5S2/c1-12(18-9-10-19(20)30-18)21-22-14-8-7-13(11-16(14)24(25)26)31(27,28)23-15-5-3-4-6-17(15)29-2/h3-11,22-23H,1-2H3. The van der Waals surface area contributed by atoms with Crippen LogP contribution in [-0.2, 0) is 10.0 Å². The van der Waals surface area contributed by atoms with Crippen molar-refractivity contribution in [2.24, 2.45) is 5.10 Å². The zero-order chi connectivity index (χ0) is 22.6. The largest absolute Gasteiger partial charge is 0.495 e. The van der Waals surface area contributed by atoms with Crippen LogP contribution in [0.25, 0.3) is 0 Å². The minimum atomic E-state index is -4.10. The number of sulfonamides is 1. The number of rotatable bonds is 8. The molecule has 0 aliphatic rings. The highest BCUT2D eigenvalue weighted by molar-refractivity contribution is 7.92. The maximum Gasteiger partial charge on any atom is 0.295 e. The van der Waals surface area contributed by atoms with Crippen LogP contribution in [0, 0.1) is 10.1 Å². The fourth-order valence-electron chi connectivity index (χ4n) is 2.56. The van der Waals surface area contributed by atoms with Crippen molar-refractivity contribution in [3.63, 3.8) is 0 Å². The number of nitro groups is 1. The number of hydrogen-bond donors (Lipinski definition) is 2. The number of nitrogens with zero attached hydrogens (tertiary/aromatic N) is 2. The van der Waals surface area contributed by atoms with Crippen molar-refractivity contribution < 1.29 is 18.1 Å². The van der Waals surface area contributed by atoms with E-state index < -0.39 is 20.6 Å². The SMILES string of the molecule is COc1ccccc1NS(=O)(=O)c1ccc(NN=C(C)c2ccc(Cl)s2)c([N+](=O)[O-])c1. The number of nitro benzene ring substituents is 1. The van der Waals surface area contributed by atoms with Crippen molar-refractivity contribution in [2.45, 2.75) is 11.8 Å². The Bertz CT molecular complexity index is 1260. The van der Waals surface area contributed by atoms with Gasteiger partial charge in [0.15, 0.2) is 0 Å². The molecule has 3 rings (SSSR count). The molecule has 0 aliphatic heterocycles. The molecule has 1 heterocycles. The van der Waals surface area contributed by atoms with Crippen LogP contribution < -0.4 is 14.9 Å². The molecule has 3 aromatic rings. The minimum Gasteiger partial charge on any atom is -0.495 e. The van der Waals surface area contributed by atoms with Crippen LogP contribution in [-0.4, -0.2) is 26.2 Å². The van der Waals surface area contributed by atoms with Gasteiger partial charge in [-0.25, -0.2) is 8.42 Å². The molecular weight excluding hydrogens is 464 g/mol. The number of nitrogens with one attached hydrogen (secondary N) is 2. The summed E-state index contributed by atoms with van der Waals surface area (Å²) in [6.45, 7) is 1.72. The molecule has 1 aromatic heterocycles. The molecule has 9 nitrogen and oxygen atoms in total. The third kappa shape index (κ3) is 5.32. The maximum atomic E-state index is 12.8. The average Bonchev–Trinajstić information content (AvgIpc) is 3.18. The number of anilines is 2. The third-order valence-electron chi connectivity index (χ3n) is 4.10. The van der Waals surface area contributed by atoms with Crippen LogP contribution in [0.5, 0.6) is 5.75 Å². The molecule has 0 saturated heterocycles. The van der Waals surface area contributed by atoms with E-state index in [1.807, 2.05) is 0 Å². The quantitative estimate of drug-likeness (QED) is 0.267. The number of methoxy groups -OCH3 is 1. The van der Waals surface area contributed by atoms with Gasteiger partial charge in [-0.2, -0.15) is 5.10 Å². The van der Waals surface area contributed by atoms with Gasteiger partial charge < -0.3 is 4.74 Å². The third-order valence-corrected chi connectivity index (χ3v) is 6.80. The van der Waals surface area contributed by atoms with E-state index in [1.165, 1.54) is 36.6 Å². The van der Waals surface area contributed by atoms with E-state index in [9.17, 15) is 18.5 Å². The van der Waals surface area contributed by atoms with Gasteiger partial charge in [-0.15, -0.1) is 11.3 Å². The van der Waals surface area contributed by atoms with Crippen molar-refractivity contribution >= 4 is 55.7 Å². The molecule has 0 amide bonds. The molecule has 0 saturated carbocycles. The number of benzene rings is 2. The number of hydrogen-bond acceptors (Lipinski definition) is 8. The lowest BCUT2D eigenvalue weighted by Gasteiger charge is -2.12. The molecular formula is C19H17ClN4O5S2. The van der Waals surface area contributed by atoms with E-state index in [2.05, 4.69) is 15.2 Å². The number of hydrazone groups is 1. The number of ether oxygens (including phenoxy) is 1. The van der Waals surface area contributed by atoms with Gasteiger partial charge in [0.2, 0.25) is 0 Å². The lowest BCUT2D eigenvalue weighted by Crippen LogP contribution is -2.14. The molecule has 0 radical (unpaired) electrons. The first kappa shape index (κ1) is 22.5. The fourth-order valence-corrected chi connectivity index (χ4v) is 4.64. The Morgan fingerprint density at radius 2 is 1.90 bits per heavy atom. The number of thiophene rings is 1. The molecule has 0 fully saturated rings. The predicted molar refractivity (Wildman–Crippen MR) is 122 cm³/mol. The van der Waals surface area contributed by atoms with Gasteiger partial charge in [0.25, 0.3) is 15.7 Å². The highest BCUT2D eigenvalue weighted by atomic mass is 35.5. The second kappa shape index (κ2) is 9.33. The number of halogens is 1. The van der Waals surface area contributed by atoms with Gasteiger partial charge in [-0.1, -0.05) is 23.7 Å². The normalized spacial score (nSPS) is 11.8. The molecule has 2 aromatic carbocycles. The summed E-state index contributed by atoms with van der Waals surface area (Å²) in [5, 5.41) is 15.7. The van der Waals surface area contributed by atoms with Gasteiger partial charge in [-0.05, 0) is 43.3 Å². The van der Waals surface area contributed by atoms with Gasteiger partial charge in [-0.3, -0.25) is 20.3 Å². The predicted octanol–water partition coefficient (Wildman–Crippen LogP) is 4.96. The summed E-state index contributed by atoms with van der Waals surface area (Å²) in [4.78, 5) is 11.4. The second-order valence-corrected chi connectivity index (χ2v) is 9.55. The minimum absolute atomic E-state index is 0.0447. The van der Waals surface area contributed by atoms with E-state index in [0.717, 1.165) is 10.9 Å². The molecule has 162 valence electrons. The van der Waals surface area contributed by atoms with Crippen molar-refractivity contribution in [1.29, 1.82) is 0 Å². The summed E-state index contributed by atoms with van der Waals surface area (Å²) in [6, 6.07) is 13.4. The Labute approximate surface area is 187 Å². The fraction of sp³-hybridized carbons (Fsp3) is 0.105. The summed E-state index contributed by atoms with van der Waals surface area (Å²) in [7, 11) is -2.69. The van der Waals surface area contributed by atoms with Gasteiger partial charge >= 0.3 is 0 Å². The van der Waals surface area contributed by atoms with Crippen LogP contribution in [0.2, 0.25) is 4.34 Å². The van der Waals surface area contributed by atoms with Crippen LogP contribution >= 0.6 is 22.9 Å². The highest BCUT2D eigenvalue weighted by Gasteiger charge is 2.22. The zero-order valence-electron chi connectivity index (χ0n) is 16.3. The molecule has 31 heavy (non-hydrogen) atoms. The molecule has 0 atom stereocenters. The smallest absolute Gasteiger partial charge is 0.295 e. The topological polar surface area (TPSA) is 123 Å². The summed E-state index contributed by atoms with van der Waals surface area (Å²) in [5.41, 5.74) is 3.01. The second-order valence-electron chi connectivity index (χ2n) is 6.15. The monoisotopic (exact) mass is 480 g/mol. The van der Waals surface area contributed by atoms with Crippen LogP contribution in [0.1, 0.15) is 11.8 Å². The lowest BCUT2D eigenvalue weighted by molar-refractivity contribution is -0.384. The van der Waals surface area contributed by atoms with Gasteiger partial charge in [0, 0.05) is 6.07 Å². The van der Waals surface area contributed by atoms with Crippen LogP contribution in [0.4, 0.5) is 17.1 Å². The average molecular weight is 481 g/mol. The van der Waals surface area contributed by atoms with Crippen molar-refractivity contribution in [3.8, 4) is 5.75 Å². The Hall–Kier alpha value is -3.15. The van der Waals surface area contributed by atoms with E-state index >= 15 is 0 Å². The summed E-state index contributed by atoms with van der Waals surface area (Å²) in [5.74, 6) is 0.317. The first-order chi connectivity index (χ1) is 14.7. The Morgan fingerprint density at radius 1 is 1.16 bits per heavy atom. The zero-order valence-corrected chi connectivity index (χ0v) is 18.7.